The number of hydrogen-bond donors (Lipinski definition) is 6. The molecule has 0 bridgehead atoms. The number of alkyl halides is 3. The summed E-state index contributed by atoms with van der Waals surface area (Å²) < 4.78 is 133. The molecule has 0 radical (unpaired) electrons. The SMILES string of the molecule is CNc1ccc(S(=O)(=O)Nc2cc(F)cc(F)c2)cc1.O=C(Nc1ccc(SNc2cc(F)cc(F)c2)cc1)c1cc2cc(C(F)(F)F)ccc2[nH]1.O=Cc1cc2c(F)cccc2[nH]1. The van der Waals surface area contributed by atoms with Crippen LogP contribution in [-0.4, -0.2) is 37.6 Å². The lowest BCUT2D eigenvalue weighted by Crippen LogP contribution is -2.13. The molecule has 0 saturated carbocycles. The van der Waals surface area contributed by atoms with E-state index in [0.717, 1.165) is 65.0 Å². The van der Waals surface area contributed by atoms with Gasteiger partial charge in [-0.3, -0.25) is 14.3 Å². The van der Waals surface area contributed by atoms with Gasteiger partial charge in [-0.25, -0.2) is 30.4 Å². The highest BCUT2D eigenvalue weighted by molar-refractivity contribution is 8.00. The second kappa shape index (κ2) is 19.8. The van der Waals surface area contributed by atoms with Crippen LogP contribution in [0.4, 0.5) is 57.9 Å². The normalized spacial score (nSPS) is 11.2. The minimum absolute atomic E-state index is 0.00108. The van der Waals surface area contributed by atoms with Crippen LogP contribution in [0, 0.1) is 29.1 Å². The summed E-state index contributed by atoms with van der Waals surface area (Å²) in [6.45, 7) is 0. The van der Waals surface area contributed by atoms with Crippen molar-refractivity contribution in [3.8, 4) is 0 Å². The summed E-state index contributed by atoms with van der Waals surface area (Å²) in [5.74, 6) is -3.92. The molecule has 0 spiro atoms. The number of fused-ring (bicyclic) bond motifs is 2. The molecule has 0 saturated heterocycles. The quantitative estimate of drug-likeness (QED) is 0.0454. The number of nitrogens with one attached hydrogen (secondary N) is 6. The third-order valence-corrected chi connectivity index (χ3v) is 11.0. The Morgan fingerprint density at radius 3 is 1.84 bits per heavy atom. The van der Waals surface area contributed by atoms with Gasteiger partial charge in [-0.1, -0.05) is 6.07 Å². The summed E-state index contributed by atoms with van der Waals surface area (Å²) in [5.41, 5.74) is 2.09. The van der Waals surface area contributed by atoms with Crippen LogP contribution in [0.1, 0.15) is 26.5 Å². The molecule has 0 aliphatic carbocycles. The number of rotatable bonds is 10. The van der Waals surface area contributed by atoms with Crippen molar-refractivity contribution in [1.29, 1.82) is 0 Å². The van der Waals surface area contributed by atoms with E-state index in [1.165, 1.54) is 36.4 Å². The van der Waals surface area contributed by atoms with E-state index in [1.54, 1.807) is 55.6 Å². The van der Waals surface area contributed by atoms with Gasteiger partial charge in [0.05, 0.1) is 27.5 Å². The second-order valence-electron chi connectivity index (χ2n) is 13.4. The Kier molecular flexibility index (Phi) is 14.3. The average molecular weight is 925 g/mol. The van der Waals surface area contributed by atoms with E-state index in [0.29, 0.717) is 40.2 Å². The molecule has 0 atom stereocenters. The molecule has 20 heteroatoms. The highest BCUT2D eigenvalue weighted by Gasteiger charge is 2.30. The molecule has 10 nitrogen and oxygen atoms in total. The Hall–Kier alpha value is -7.32. The van der Waals surface area contributed by atoms with Gasteiger partial charge < -0.3 is 25.3 Å². The van der Waals surface area contributed by atoms with Crippen molar-refractivity contribution in [3.05, 3.63) is 179 Å². The summed E-state index contributed by atoms with van der Waals surface area (Å²) in [4.78, 5) is 29.1. The highest BCUT2D eigenvalue weighted by atomic mass is 32.2. The van der Waals surface area contributed by atoms with Crippen LogP contribution in [0.3, 0.4) is 0 Å². The van der Waals surface area contributed by atoms with Crippen LogP contribution >= 0.6 is 11.9 Å². The van der Waals surface area contributed by atoms with Crippen LogP contribution in [-0.2, 0) is 16.2 Å². The van der Waals surface area contributed by atoms with Crippen LogP contribution in [0.2, 0.25) is 0 Å². The summed E-state index contributed by atoms with van der Waals surface area (Å²) >= 11 is 1.13. The number of aromatic nitrogens is 2. The maximum Gasteiger partial charge on any atom is 0.416 e. The predicted molar refractivity (Wildman–Crippen MR) is 230 cm³/mol. The number of halogens is 8. The molecule has 8 aromatic rings. The summed E-state index contributed by atoms with van der Waals surface area (Å²) in [5, 5.41) is 6.25. The van der Waals surface area contributed by atoms with Gasteiger partial charge in [0.2, 0.25) is 0 Å². The van der Waals surface area contributed by atoms with E-state index in [-0.39, 0.29) is 33.2 Å². The molecule has 6 aromatic carbocycles. The predicted octanol–water partition coefficient (Wildman–Crippen LogP) is 11.8. The van der Waals surface area contributed by atoms with E-state index in [4.69, 9.17) is 0 Å². The third kappa shape index (κ3) is 12.2. The van der Waals surface area contributed by atoms with Crippen LogP contribution in [0.5, 0.6) is 0 Å². The Balaban J connectivity index is 0.000000180. The molecule has 0 aliphatic heterocycles. The fourth-order valence-electron chi connectivity index (χ4n) is 5.80. The number of H-pyrrole nitrogens is 2. The van der Waals surface area contributed by atoms with Gasteiger partial charge in [0.15, 0.2) is 6.29 Å². The topological polar surface area (TPSA) is 148 Å². The maximum absolute atomic E-state index is 13.2. The van der Waals surface area contributed by atoms with Gasteiger partial charge in [-0.2, -0.15) is 13.2 Å². The number of hydrogen-bond acceptors (Lipinski definition) is 7. The Morgan fingerprint density at radius 1 is 0.656 bits per heavy atom. The molecule has 64 heavy (non-hydrogen) atoms. The summed E-state index contributed by atoms with van der Waals surface area (Å²) in [7, 11) is -2.18. The molecule has 8 rings (SSSR count). The molecule has 0 unspecified atom stereocenters. The lowest BCUT2D eigenvalue weighted by molar-refractivity contribution is -0.137. The monoisotopic (exact) mass is 924 g/mol. The summed E-state index contributed by atoms with van der Waals surface area (Å²) in [6, 6.07) is 28.9. The Bertz CT molecular complexity index is 3010. The number of amides is 1. The van der Waals surface area contributed by atoms with E-state index >= 15 is 0 Å². The molecule has 0 aliphatic rings. The van der Waals surface area contributed by atoms with Crippen LogP contribution < -0.4 is 20.1 Å². The van der Waals surface area contributed by atoms with E-state index in [2.05, 4.69) is 30.0 Å². The first-order valence-corrected chi connectivity index (χ1v) is 20.7. The fourth-order valence-corrected chi connectivity index (χ4v) is 7.46. The van der Waals surface area contributed by atoms with Gasteiger partial charge in [-0.15, -0.1) is 0 Å². The number of carbonyl (C=O) groups is 2. The number of carbonyl (C=O) groups excluding carboxylic acids is 2. The van der Waals surface area contributed by atoms with Gasteiger partial charge in [0, 0.05) is 57.3 Å². The molecule has 330 valence electrons. The van der Waals surface area contributed by atoms with Gasteiger partial charge >= 0.3 is 6.18 Å². The van der Waals surface area contributed by atoms with Crippen molar-refractivity contribution >= 4 is 78.7 Å². The number of sulfonamides is 1. The lowest BCUT2D eigenvalue weighted by Gasteiger charge is -2.09. The molecule has 0 fully saturated rings. The van der Waals surface area contributed by atoms with Crippen molar-refractivity contribution in [3.63, 3.8) is 0 Å². The van der Waals surface area contributed by atoms with Crippen molar-refractivity contribution in [2.24, 2.45) is 0 Å². The molecule has 2 aromatic heterocycles. The molecular weight excluding hydrogens is 893 g/mol. The fraction of sp³-hybridized carbons (Fsp3) is 0.0455. The zero-order valence-electron chi connectivity index (χ0n) is 32.8. The molecule has 6 N–H and O–H groups in total. The van der Waals surface area contributed by atoms with Gasteiger partial charge in [-0.05, 0) is 127 Å². The van der Waals surface area contributed by atoms with Crippen molar-refractivity contribution in [1.82, 2.24) is 9.97 Å². The van der Waals surface area contributed by atoms with E-state index in [9.17, 15) is 53.1 Å². The first-order chi connectivity index (χ1) is 30.4. The molecular formula is C44H32F8N6O4S2. The number of anilines is 4. The number of benzene rings is 6. The van der Waals surface area contributed by atoms with Gasteiger partial charge in [0.1, 0.15) is 34.8 Å². The minimum Gasteiger partial charge on any atom is -0.388 e. The molecule has 2 heterocycles. The van der Waals surface area contributed by atoms with Crippen LogP contribution in [0.25, 0.3) is 21.8 Å². The van der Waals surface area contributed by atoms with Crippen molar-refractivity contribution < 1.29 is 53.1 Å². The Labute approximate surface area is 363 Å². The third-order valence-electron chi connectivity index (χ3n) is 8.78. The van der Waals surface area contributed by atoms with Crippen LogP contribution in [0.15, 0.2) is 143 Å². The smallest absolute Gasteiger partial charge is 0.388 e. The standard InChI is InChI=1S/C22H14F5N3OS.C13H12F2N2O2S.C9H6FNO/c23-14-9-15(24)11-17(10-14)30-32-18-4-2-16(3-5-18)28-21(31)20-8-12-7-13(22(25,26)27)1-6-19(12)29-20;1-16-11-2-4-13(5-3-11)20(18,19)17-12-7-9(14)6-10(15)8-12;10-8-2-1-3-9-7(8)4-6(5-12)11-9/h1-11,29-30H,(H,28,31);2-8,16-17H,1H3;1-5,11H. The lowest BCUT2D eigenvalue weighted by atomic mass is 10.1. The zero-order valence-corrected chi connectivity index (χ0v) is 34.4. The number of aromatic amines is 2. The molecule has 1 amide bonds. The maximum atomic E-state index is 13.2. The Morgan fingerprint density at radius 2 is 1.27 bits per heavy atom. The van der Waals surface area contributed by atoms with Gasteiger partial charge in [0.25, 0.3) is 15.9 Å². The highest BCUT2D eigenvalue weighted by Crippen LogP contribution is 2.32. The largest absolute Gasteiger partial charge is 0.416 e. The minimum atomic E-state index is -4.47. The summed E-state index contributed by atoms with van der Waals surface area (Å²) in [6.07, 6.45) is -3.80. The number of aldehydes is 1. The second-order valence-corrected chi connectivity index (χ2v) is 16.0. The zero-order chi connectivity index (χ0) is 46.2. The average Bonchev–Trinajstić information content (AvgIpc) is 3.88. The van der Waals surface area contributed by atoms with Crippen molar-refractivity contribution in [2.75, 3.05) is 27.1 Å². The first-order valence-electron chi connectivity index (χ1n) is 18.4. The van der Waals surface area contributed by atoms with E-state index < -0.39 is 50.9 Å². The first kappa shape index (κ1) is 46.2. The van der Waals surface area contributed by atoms with Crippen molar-refractivity contribution in [2.45, 2.75) is 16.0 Å². The van der Waals surface area contributed by atoms with E-state index in [1.807, 2.05) is 0 Å².